The molecule has 4 aromatic rings. The minimum atomic E-state index is -0.550. The smallest absolute Gasteiger partial charge is 0.410 e. The minimum absolute atomic E-state index is 0.0882. The van der Waals surface area contributed by atoms with Crippen molar-refractivity contribution in [3.8, 4) is 0 Å². The molecule has 0 radical (unpaired) electrons. The first kappa shape index (κ1) is 36.7. The van der Waals surface area contributed by atoms with Gasteiger partial charge in [-0.05, 0) is 73.4 Å². The van der Waals surface area contributed by atoms with Gasteiger partial charge < -0.3 is 39.3 Å². The highest BCUT2D eigenvalue weighted by atomic mass is 32.1. The molecule has 2 aromatic carbocycles. The molecule has 2 aromatic heterocycles. The second-order valence-corrected chi connectivity index (χ2v) is 15.0. The number of hydrogen-bond donors (Lipinski definition) is 3. The largest absolute Gasteiger partial charge is 0.444 e. The van der Waals surface area contributed by atoms with Crippen molar-refractivity contribution in [2.24, 2.45) is 0 Å². The molecular formula is C37H50N6O4S2. The number of likely N-dealkylation sites (tertiary alicyclic amines) is 1. The standard InChI is InChI=1S/C21H29N3O3S.C16H21N3OS/c1-21(2,3)27-20(25)24-12-16(11-18(24)19(28)23(4)5)26-13-14-6-7-15-8-9-22-17(15)10-14;1-19(2)16(21)15-8-13(9-18-15)20-10-11-3-4-12-5-6-17-14(12)7-11/h6-10,16,18,22H,11-13H2,1-5H3;3-7,13,15,17-18H,8-10H2,1-2H3/t16-,18+;13-,15+/m11/s1. The van der Waals surface area contributed by atoms with Crippen LogP contribution < -0.4 is 5.32 Å². The molecule has 2 saturated heterocycles. The minimum Gasteiger partial charge on any atom is -0.444 e. The van der Waals surface area contributed by atoms with Gasteiger partial charge in [0.15, 0.2) is 0 Å². The summed E-state index contributed by atoms with van der Waals surface area (Å²) in [5.74, 6) is 0. The predicted octanol–water partition coefficient (Wildman–Crippen LogP) is 6.26. The summed E-state index contributed by atoms with van der Waals surface area (Å²) in [4.78, 5) is 26.4. The number of rotatable bonds is 8. The second-order valence-electron chi connectivity index (χ2n) is 14.2. The van der Waals surface area contributed by atoms with Crippen LogP contribution in [0.5, 0.6) is 0 Å². The Kier molecular flexibility index (Phi) is 12.0. The maximum atomic E-state index is 12.7. The van der Waals surface area contributed by atoms with Gasteiger partial charge in [-0.25, -0.2) is 4.79 Å². The normalized spacial score (nSPS) is 20.7. The Morgan fingerprint density at radius 1 is 0.816 bits per heavy atom. The third kappa shape index (κ3) is 9.79. The van der Waals surface area contributed by atoms with Crippen LogP contribution in [0.2, 0.25) is 0 Å². The highest BCUT2D eigenvalue weighted by Gasteiger charge is 2.41. The van der Waals surface area contributed by atoms with Crippen LogP contribution in [0.15, 0.2) is 60.9 Å². The number of benzene rings is 2. The summed E-state index contributed by atoms with van der Waals surface area (Å²) in [5, 5.41) is 5.85. The van der Waals surface area contributed by atoms with Crippen LogP contribution in [0.3, 0.4) is 0 Å². The lowest BCUT2D eigenvalue weighted by Gasteiger charge is -2.30. The van der Waals surface area contributed by atoms with Crippen molar-refractivity contribution in [2.75, 3.05) is 41.3 Å². The number of H-pyrrole nitrogens is 2. The van der Waals surface area contributed by atoms with E-state index in [0.717, 1.165) is 34.6 Å². The maximum Gasteiger partial charge on any atom is 0.410 e. The molecule has 12 heteroatoms. The molecule has 49 heavy (non-hydrogen) atoms. The van der Waals surface area contributed by atoms with E-state index in [1.54, 1.807) is 4.90 Å². The Balaban J connectivity index is 0.000000199. The van der Waals surface area contributed by atoms with Crippen LogP contribution in [0.25, 0.3) is 21.8 Å². The fourth-order valence-electron chi connectivity index (χ4n) is 6.10. The van der Waals surface area contributed by atoms with Crippen molar-refractivity contribution in [1.29, 1.82) is 0 Å². The number of nitrogens with zero attached hydrogens (tertiary/aromatic N) is 3. The predicted molar refractivity (Wildman–Crippen MR) is 204 cm³/mol. The molecule has 0 bridgehead atoms. The van der Waals surface area contributed by atoms with Crippen molar-refractivity contribution in [3.63, 3.8) is 0 Å². The topological polar surface area (TPSA) is 98.1 Å². The van der Waals surface area contributed by atoms with Crippen LogP contribution in [0.4, 0.5) is 4.79 Å². The number of hydrogen-bond acceptors (Lipinski definition) is 7. The Labute approximate surface area is 300 Å². The SMILES string of the molecule is CN(C)C(=S)[C@@H]1C[C@@H](OCc2ccc3cc[nH]c3c2)CN1.CN(C)C(=S)[C@@H]1C[C@@H](OCc2ccc3cc[nH]c3c2)CN1C(=O)OC(C)(C)C. The second kappa shape index (κ2) is 16.0. The molecule has 0 saturated carbocycles. The lowest BCUT2D eigenvalue weighted by atomic mass is 10.1. The molecule has 2 aliphatic rings. The quantitative estimate of drug-likeness (QED) is 0.184. The third-order valence-corrected chi connectivity index (χ3v) is 9.94. The molecule has 2 fully saturated rings. The summed E-state index contributed by atoms with van der Waals surface area (Å²) in [6, 6.07) is 16.8. The number of carbonyl (C=O) groups is 1. The number of aromatic nitrogens is 2. The Hall–Kier alpha value is -3.55. The molecule has 0 spiro atoms. The molecule has 3 N–H and O–H groups in total. The van der Waals surface area contributed by atoms with Crippen LogP contribution >= 0.6 is 24.4 Å². The zero-order chi connectivity index (χ0) is 35.3. The first-order valence-electron chi connectivity index (χ1n) is 16.8. The van der Waals surface area contributed by atoms with Crippen LogP contribution in [0.1, 0.15) is 44.7 Å². The van der Waals surface area contributed by atoms with Crippen LogP contribution in [0, 0.1) is 0 Å². The van der Waals surface area contributed by atoms with E-state index < -0.39 is 5.60 Å². The molecule has 6 rings (SSSR count). The summed E-state index contributed by atoms with van der Waals surface area (Å²) in [6.07, 6.45) is 5.30. The zero-order valence-electron chi connectivity index (χ0n) is 29.6. The molecule has 10 nitrogen and oxygen atoms in total. The first-order valence-corrected chi connectivity index (χ1v) is 17.6. The van der Waals surface area contributed by atoms with E-state index in [4.69, 9.17) is 38.6 Å². The van der Waals surface area contributed by atoms with Crippen molar-refractivity contribution >= 4 is 62.3 Å². The maximum absolute atomic E-state index is 12.7. The van der Waals surface area contributed by atoms with E-state index in [0.29, 0.717) is 31.2 Å². The molecular weight excluding hydrogens is 657 g/mol. The number of ether oxygens (including phenoxy) is 3. The van der Waals surface area contributed by atoms with Crippen molar-refractivity contribution < 1.29 is 19.0 Å². The molecule has 4 atom stereocenters. The van der Waals surface area contributed by atoms with Gasteiger partial charge in [0.1, 0.15) is 10.6 Å². The van der Waals surface area contributed by atoms with E-state index in [2.05, 4.69) is 57.7 Å². The van der Waals surface area contributed by atoms with E-state index >= 15 is 0 Å². The Bertz CT molecular complexity index is 1750. The Morgan fingerprint density at radius 3 is 1.90 bits per heavy atom. The van der Waals surface area contributed by atoms with Gasteiger partial charge in [-0.2, -0.15) is 0 Å². The number of likely N-dealkylation sites (N-methyl/N-ethyl adjacent to an activating group) is 2. The third-order valence-electron chi connectivity index (χ3n) is 8.66. The number of amides is 1. The summed E-state index contributed by atoms with van der Waals surface area (Å²) < 4.78 is 17.7. The zero-order valence-corrected chi connectivity index (χ0v) is 31.2. The van der Waals surface area contributed by atoms with E-state index in [-0.39, 0.29) is 30.4 Å². The summed E-state index contributed by atoms with van der Waals surface area (Å²) in [7, 11) is 7.78. The lowest BCUT2D eigenvalue weighted by molar-refractivity contribution is 0.0169. The van der Waals surface area contributed by atoms with Crippen molar-refractivity contribution in [3.05, 3.63) is 72.1 Å². The van der Waals surface area contributed by atoms with Gasteiger partial charge >= 0.3 is 6.09 Å². The van der Waals surface area contributed by atoms with E-state index in [9.17, 15) is 4.79 Å². The monoisotopic (exact) mass is 706 g/mol. The van der Waals surface area contributed by atoms with Gasteiger partial charge in [0.25, 0.3) is 0 Å². The van der Waals surface area contributed by atoms with Gasteiger partial charge in [-0.1, -0.05) is 48.7 Å². The number of fused-ring (bicyclic) bond motifs is 2. The lowest BCUT2D eigenvalue weighted by Crippen LogP contribution is -2.46. The summed E-state index contributed by atoms with van der Waals surface area (Å²) in [6.45, 7) is 8.06. The summed E-state index contributed by atoms with van der Waals surface area (Å²) >= 11 is 11.0. The number of aromatic amines is 2. The van der Waals surface area contributed by atoms with Gasteiger partial charge in [0, 0.05) is 64.6 Å². The molecule has 0 unspecified atom stereocenters. The van der Waals surface area contributed by atoms with E-state index in [1.807, 2.05) is 77.2 Å². The fraction of sp³-hybridized carbons (Fsp3) is 0.486. The number of thiocarbonyl (C=S) groups is 2. The summed E-state index contributed by atoms with van der Waals surface area (Å²) in [5.41, 5.74) is 3.99. The van der Waals surface area contributed by atoms with Crippen molar-refractivity contribution in [2.45, 2.75) is 76.7 Å². The molecule has 1 amide bonds. The number of nitrogens with one attached hydrogen (secondary N) is 3. The van der Waals surface area contributed by atoms with Gasteiger partial charge in [-0.15, -0.1) is 0 Å². The van der Waals surface area contributed by atoms with Gasteiger partial charge in [0.05, 0.1) is 49.0 Å². The highest BCUT2D eigenvalue weighted by Crippen LogP contribution is 2.26. The average Bonchev–Trinajstić information content (AvgIpc) is 3.87. The fourth-order valence-corrected chi connectivity index (χ4v) is 6.50. The Morgan fingerprint density at radius 2 is 1.37 bits per heavy atom. The van der Waals surface area contributed by atoms with Crippen LogP contribution in [-0.2, 0) is 27.4 Å². The molecule has 2 aliphatic heterocycles. The average molecular weight is 707 g/mol. The van der Waals surface area contributed by atoms with Crippen LogP contribution in [-0.4, -0.2) is 112 Å². The first-order chi connectivity index (χ1) is 23.3. The van der Waals surface area contributed by atoms with Gasteiger partial charge in [-0.3, -0.25) is 4.90 Å². The van der Waals surface area contributed by atoms with Gasteiger partial charge in [0.2, 0.25) is 0 Å². The molecule has 0 aliphatic carbocycles. The molecule has 264 valence electrons. The highest BCUT2D eigenvalue weighted by molar-refractivity contribution is 7.80. The van der Waals surface area contributed by atoms with E-state index in [1.165, 1.54) is 16.3 Å². The molecule has 4 heterocycles. The van der Waals surface area contributed by atoms with Crippen molar-refractivity contribution in [1.82, 2.24) is 30.0 Å². The number of carbonyl (C=O) groups excluding carboxylic acids is 1.